The van der Waals surface area contributed by atoms with E-state index in [9.17, 15) is 24.6 Å². The molecule has 3 heterocycles. The number of hydrogen-bond acceptors (Lipinski definition) is 6. The Morgan fingerprint density at radius 3 is 2.60 bits per heavy atom. The minimum absolute atomic E-state index is 0.0649. The van der Waals surface area contributed by atoms with E-state index < -0.39 is 24.1 Å². The van der Waals surface area contributed by atoms with Crippen LogP contribution in [0.2, 0.25) is 0 Å². The van der Waals surface area contributed by atoms with Crippen LogP contribution in [-0.4, -0.2) is 50.2 Å². The fourth-order valence-corrected chi connectivity index (χ4v) is 3.94. The number of carboxylic acid groups (broad SMARTS) is 1. The first-order chi connectivity index (χ1) is 14.4. The number of aromatic nitrogens is 1. The van der Waals surface area contributed by atoms with Gasteiger partial charge in [0.15, 0.2) is 0 Å². The van der Waals surface area contributed by atoms with Crippen molar-refractivity contribution in [2.45, 2.75) is 25.5 Å². The minimum Gasteiger partial charge on any atom is -0.477 e. The van der Waals surface area contributed by atoms with E-state index in [1.54, 1.807) is 42.6 Å². The number of aliphatic carboxylic acids is 1. The number of fused-ring (bicyclic) bond motifs is 1. The van der Waals surface area contributed by atoms with E-state index in [4.69, 9.17) is 4.74 Å². The standard InChI is InChI=1S/C21H19N3O6/c1-11(25)17-16-9-15(18(20(27)28)24(16)19(17)26)12-4-6-14(7-5-12)30-21(29)23-13-3-2-8-22-10-13/h2-8,10-11,16-17,25H,9H2,1H3,(H,23,29)(H,27,28)/t11-,16-,17-/m1/s1. The quantitative estimate of drug-likeness (QED) is 0.645. The molecule has 0 spiro atoms. The number of nitrogens with zero attached hydrogens (tertiary/aromatic N) is 2. The number of nitrogens with one attached hydrogen (secondary N) is 1. The predicted molar refractivity (Wildman–Crippen MR) is 105 cm³/mol. The van der Waals surface area contributed by atoms with Gasteiger partial charge in [0.05, 0.1) is 29.9 Å². The van der Waals surface area contributed by atoms with Gasteiger partial charge in [-0.05, 0) is 48.7 Å². The molecule has 4 rings (SSSR count). The Hall–Kier alpha value is -3.72. The Morgan fingerprint density at radius 1 is 1.27 bits per heavy atom. The van der Waals surface area contributed by atoms with Crippen molar-refractivity contribution in [3.8, 4) is 5.75 Å². The summed E-state index contributed by atoms with van der Waals surface area (Å²) in [6.07, 6.45) is 1.87. The van der Waals surface area contributed by atoms with Crippen LogP contribution in [0.25, 0.3) is 5.57 Å². The van der Waals surface area contributed by atoms with Crippen LogP contribution in [-0.2, 0) is 9.59 Å². The van der Waals surface area contributed by atoms with E-state index in [1.165, 1.54) is 18.0 Å². The number of amides is 2. The maximum Gasteiger partial charge on any atom is 0.417 e. The zero-order valence-electron chi connectivity index (χ0n) is 16.0. The number of aliphatic hydroxyl groups excluding tert-OH is 1. The van der Waals surface area contributed by atoms with Gasteiger partial charge in [-0.2, -0.15) is 0 Å². The van der Waals surface area contributed by atoms with Crippen LogP contribution in [0.4, 0.5) is 10.5 Å². The number of pyridine rings is 1. The molecule has 1 saturated heterocycles. The Kier molecular flexibility index (Phi) is 4.96. The second-order valence-electron chi connectivity index (χ2n) is 7.16. The molecule has 9 nitrogen and oxygen atoms in total. The van der Waals surface area contributed by atoms with Crippen molar-refractivity contribution in [1.82, 2.24) is 9.88 Å². The van der Waals surface area contributed by atoms with E-state index in [2.05, 4.69) is 10.3 Å². The number of carbonyl (C=O) groups excluding carboxylic acids is 2. The van der Waals surface area contributed by atoms with Crippen LogP contribution >= 0.6 is 0 Å². The summed E-state index contributed by atoms with van der Waals surface area (Å²) in [7, 11) is 0. The average Bonchev–Trinajstić information content (AvgIpc) is 3.04. The van der Waals surface area contributed by atoms with Crippen LogP contribution in [0, 0.1) is 5.92 Å². The molecule has 0 bridgehead atoms. The smallest absolute Gasteiger partial charge is 0.417 e. The van der Waals surface area contributed by atoms with Gasteiger partial charge in [0.2, 0.25) is 5.91 Å². The lowest BCUT2D eigenvalue weighted by atomic mass is 9.82. The molecule has 1 aromatic heterocycles. The molecule has 1 aromatic carbocycles. The van der Waals surface area contributed by atoms with Crippen LogP contribution in [0.1, 0.15) is 18.9 Å². The zero-order chi connectivity index (χ0) is 21.4. The van der Waals surface area contributed by atoms with Gasteiger partial charge >= 0.3 is 12.1 Å². The normalized spacial score (nSPS) is 21.0. The van der Waals surface area contributed by atoms with Crippen LogP contribution < -0.4 is 10.1 Å². The van der Waals surface area contributed by atoms with Gasteiger partial charge in [0.25, 0.3) is 0 Å². The highest BCUT2D eigenvalue weighted by molar-refractivity contribution is 6.06. The number of benzene rings is 1. The van der Waals surface area contributed by atoms with E-state index in [1.807, 2.05) is 0 Å². The second kappa shape index (κ2) is 7.60. The van der Waals surface area contributed by atoms with Crippen molar-refractivity contribution in [2.75, 3.05) is 5.32 Å². The van der Waals surface area contributed by atoms with Crippen LogP contribution in [0.15, 0.2) is 54.5 Å². The highest BCUT2D eigenvalue weighted by Crippen LogP contribution is 2.47. The lowest BCUT2D eigenvalue weighted by Crippen LogP contribution is -2.61. The molecule has 0 saturated carbocycles. The van der Waals surface area contributed by atoms with Gasteiger partial charge in [-0.25, -0.2) is 9.59 Å². The van der Waals surface area contributed by atoms with Crippen LogP contribution in [0.3, 0.4) is 0 Å². The van der Waals surface area contributed by atoms with Crippen molar-refractivity contribution in [3.05, 3.63) is 60.1 Å². The first-order valence-electron chi connectivity index (χ1n) is 9.33. The monoisotopic (exact) mass is 409 g/mol. The number of ether oxygens (including phenoxy) is 1. The number of rotatable bonds is 5. The third kappa shape index (κ3) is 3.39. The first kappa shape index (κ1) is 19.6. The zero-order valence-corrected chi connectivity index (χ0v) is 16.0. The molecule has 2 amide bonds. The highest BCUT2D eigenvalue weighted by Gasteiger charge is 2.56. The Bertz CT molecular complexity index is 1030. The molecule has 2 aliphatic rings. The molecular weight excluding hydrogens is 390 g/mol. The molecule has 154 valence electrons. The summed E-state index contributed by atoms with van der Waals surface area (Å²) < 4.78 is 5.22. The number of carboxylic acids is 1. The van der Waals surface area contributed by atoms with E-state index in [0.29, 0.717) is 23.2 Å². The van der Waals surface area contributed by atoms with Gasteiger partial charge in [-0.3, -0.25) is 15.1 Å². The number of hydrogen-bond donors (Lipinski definition) is 3. The molecule has 1 fully saturated rings. The van der Waals surface area contributed by atoms with Crippen molar-refractivity contribution in [1.29, 1.82) is 0 Å². The number of aliphatic hydroxyl groups is 1. The van der Waals surface area contributed by atoms with Crippen molar-refractivity contribution >= 4 is 29.2 Å². The molecule has 2 aliphatic heterocycles. The lowest BCUT2D eigenvalue weighted by Gasteiger charge is -2.44. The number of anilines is 1. The van der Waals surface area contributed by atoms with Gasteiger partial charge < -0.3 is 19.8 Å². The molecule has 0 radical (unpaired) electrons. The Morgan fingerprint density at radius 2 is 2.00 bits per heavy atom. The number of β-lactam (4-membered cyclic amide) rings is 1. The summed E-state index contributed by atoms with van der Waals surface area (Å²) in [4.78, 5) is 41.2. The lowest BCUT2D eigenvalue weighted by molar-refractivity contribution is -0.161. The van der Waals surface area contributed by atoms with E-state index in [-0.39, 0.29) is 23.4 Å². The Labute approximate surface area is 171 Å². The van der Waals surface area contributed by atoms with E-state index >= 15 is 0 Å². The first-order valence-corrected chi connectivity index (χ1v) is 9.33. The maximum absolute atomic E-state index is 12.3. The molecule has 3 N–H and O–H groups in total. The largest absolute Gasteiger partial charge is 0.477 e. The van der Waals surface area contributed by atoms with Crippen molar-refractivity contribution in [2.24, 2.45) is 5.92 Å². The summed E-state index contributed by atoms with van der Waals surface area (Å²) in [5.74, 6) is -1.90. The van der Waals surface area contributed by atoms with Gasteiger partial charge in [-0.1, -0.05) is 12.1 Å². The molecule has 3 atom stereocenters. The molecule has 0 unspecified atom stereocenters. The minimum atomic E-state index is -1.19. The van der Waals surface area contributed by atoms with Gasteiger partial charge in [0.1, 0.15) is 11.4 Å². The fraction of sp³-hybridized carbons (Fsp3) is 0.238. The summed E-state index contributed by atoms with van der Waals surface area (Å²) in [6.45, 7) is 1.53. The SMILES string of the molecule is C[C@@H](O)[C@H]1C(=O)N2C(C(=O)O)=C(c3ccc(OC(=O)Nc4cccnc4)cc3)C[C@H]12. The third-order valence-electron chi connectivity index (χ3n) is 5.25. The second-order valence-corrected chi connectivity index (χ2v) is 7.16. The molecule has 0 aliphatic carbocycles. The van der Waals surface area contributed by atoms with Gasteiger partial charge in [0, 0.05) is 6.20 Å². The number of carbonyl (C=O) groups is 3. The van der Waals surface area contributed by atoms with E-state index in [0.717, 1.165) is 0 Å². The molecule has 2 aromatic rings. The topological polar surface area (TPSA) is 129 Å². The van der Waals surface area contributed by atoms with Gasteiger partial charge in [-0.15, -0.1) is 0 Å². The third-order valence-corrected chi connectivity index (χ3v) is 5.25. The Balaban J connectivity index is 1.50. The fourth-order valence-electron chi connectivity index (χ4n) is 3.94. The molecule has 30 heavy (non-hydrogen) atoms. The maximum atomic E-state index is 12.3. The van der Waals surface area contributed by atoms with Crippen molar-refractivity contribution < 1.29 is 29.3 Å². The summed E-state index contributed by atoms with van der Waals surface area (Å²) in [5.41, 5.74) is 1.54. The predicted octanol–water partition coefficient (Wildman–Crippen LogP) is 2.10. The average molecular weight is 409 g/mol. The summed E-state index contributed by atoms with van der Waals surface area (Å²) >= 11 is 0. The van der Waals surface area contributed by atoms with Crippen LogP contribution in [0.5, 0.6) is 5.75 Å². The summed E-state index contributed by atoms with van der Waals surface area (Å²) in [5, 5.41) is 22.0. The molecule has 9 heteroatoms. The van der Waals surface area contributed by atoms with Crippen molar-refractivity contribution in [3.63, 3.8) is 0 Å². The summed E-state index contributed by atoms with van der Waals surface area (Å²) in [6, 6.07) is 9.36. The highest BCUT2D eigenvalue weighted by atomic mass is 16.6. The molecular formula is C21H19N3O6.